The molecule has 0 atom stereocenters. The summed E-state index contributed by atoms with van der Waals surface area (Å²) in [4.78, 5) is 14.1. The molecule has 1 fully saturated rings. The van der Waals surface area contributed by atoms with Crippen LogP contribution < -0.4 is 34.7 Å². The first-order valence-electron chi connectivity index (χ1n) is 15.2. The van der Waals surface area contributed by atoms with Gasteiger partial charge in [0.05, 0.1) is 11.3 Å². The number of carboxylic acids is 1. The Morgan fingerprint density at radius 1 is 1.20 bits per heavy atom. The SMILES string of the molecule is C=CC(/C=C/C/C=C\c1ccc(Cl)cc1N=C)=C\C(=C/CC)CCCc1ccccc1C(C)(C)O.O=C([O-])CC1(CS)CC1.[Na+]. The van der Waals surface area contributed by atoms with Gasteiger partial charge in [-0.3, -0.25) is 4.99 Å². The number of nitrogens with zero attached hydrogens (tertiary/aromatic N) is 1. The minimum absolute atomic E-state index is 0. The maximum Gasteiger partial charge on any atom is 1.00 e. The Hall–Kier alpha value is -2.12. The molecule has 0 unspecified atom stereocenters. The predicted octanol–water partition coefficient (Wildman–Crippen LogP) is 6.17. The van der Waals surface area contributed by atoms with Crippen molar-refractivity contribution in [3.8, 4) is 0 Å². The third-order valence-corrected chi connectivity index (χ3v) is 8.40. The van der Waals surface area contributed by atoms with Gasteiger partial charge in [-0.15, -0.1) is 0 Å². The van der Waals surface area contributed by atoms with E-state index in [2.05, 4.69) is 74.3 Å². The van der Waals surface area contributed by atoms with Crippen LogP contribution in [0.5, 0.6) is 0 Å². The molecule has 0 aromatic heterocycles. The van der Waals surface area contributed by atoms with E-state index in [4.69, 9.17) is 11.6 Å². The van der Waals surface area contributed by atoms with Gasteiger partial charge in [0.2, 0.25) is 0 Å². The van der Waals surface area contributed by atoms with E-state index >= 15 is 0 Å². The van der Waals surface area contributed by atoms with Gasteiger partial charge >= 0.3 is 29.6 Å². The van der Waals surface area contributed by atoms with Crippen LogP contribution in [-0.4, -0.2) is 23.5 Å². The summed E-state index contributed by atoms with van der Waals surface area (Å²) in [6, 6.07) is 13.8. The van der Waals surface area contributed by atoms with E-state index in [1.807, 2.05) is 62.4 Å². The van der Waals surface area contributed by atoms with Crippen LogP contribution >= 0.6 is 24.2 Å². The quantitative estimate of drug-likeness (QED) is 0.0984. The number of rotatable bonds is 16. The molecule has 0 bridgehead atoms. The summed E-state index contributed by atoms with van der Waals surface area (Å²) in [6.07, 6.45) is 21.7. The summed E-state index contributed by atoms with van der Waals surface area (Å²) in [6.45, 7) is 13.5. The van der Waals surface area contributed by atoms with Gasteiger partial charge in [0, 0.05) is 11.0 Å². The second kappa shape index (κ2) is 20.9. The van der Waals surface area contributed by atoms with Gasteiger partial charge in [-0.25, -0.2) is 0 Å². The van der Waals surface area contributed by atoms with Crippen molar-refractivity contribution in [1.29, 1.82) is 0 Å². The Balaban J connectivity index is 0.000000866. The number of aryl methyl sites for hydroxylation is 1. The molecule has 4 nitrogen and oxygen atoms in total. The van der Waals surface area contributed by atoms with Crippen LogP contribution in [0.25, 0.3) is 6.08 Å². The fourth-order valence-electron chi connectivity index (χ4n) is 4.85. The van der Waals surface area contributed by atoms with Crippen LogP contribution in [0.4, 0.5) is 5.69 Å². The van der Waals surface area contributed by atoms with E-state index in [-0.39, 0.29) is 41.4 Å². The fraction of sp³-hybridized carbons (Fsp3) is 0.368. The summed E-state index contributed by atoms with van der Waals surface area (Å²) in [5.41, 5.74) is 5.59. The summed E-state index contributed by atoms with van der Waals surface area (Å²) in [5, 5.41) is 21.2. The molecule has 0 saturated heterocycles. The van der Waals surface area contributed by atoms with Crippen LogP contribution in [0, 0.1) is 5.41 Å². The van der Waals surface area contributed by atoms with Gasteiger partial charge in [0.25, 0.3) is 0 Å². The normalized spacial score (nSPS) is 14.4. The van der Waals surface area contributed by atoms with Gasteiger partial charge in [0.15, 0.2) is 0 Å². The molecule has 1 saturated carbocycles. The Labute approximate surface area is 303 Å². The number of halogens is 1. The number of hydrogen-bond acceptors (Lipinski definition) is 5. The van der Waals surface area contributed by atoms with Crippen LogP contribution in [0.3, 0.4) is 0 Å². The molecule has 3 rings (SSSR count). The Morgan fingerprint density at radius 3 is 2.47 bits per heavy atom. The maximum atomic E-state index is 10.5. The van der Waals surface area contributed by atoms with Crippen LogP contribution in [0.15, 0.2) is 102 Å². The molecule has 236 valence electrons. The largest absolute Gasteiger partial charge is 1.00 e. The first-order valence-corrected chi connectivity index (χ1v) is 16.2. The van der Waals surface area contributed by atoms with Crippen molar-refractivity contribution in [1.82, 2.24) is 0 Å². The zero-order valence-corrected chi connectivity index (χ0v) is 31.0. The van der Waals surface area contributed by atoms with Crippen molar-refractivity contribution >= 4 is 48.7 Å². The number of carbonyl (C=O) groups excluding carboxylic acids is 1. The maximum absolute atomic E-state index is 10.5. The smallest absolute Gasteiger partial charge is 0.550 e. The van der Waals surface area contributed by atoms with E-state index < -0.39 is 11.6 Å². The molecular formula is C38H47ClNNaO3S. The van der Waals surface area contributed by atoms with Crippen molar-refractivity contribution in [3.63, 3.8) is 0 Å². The second-order valence-corrected chi connectivity index (χ2v) is 12.5. The second-order valence-electron chi connectivity index (χ2n) is 11.7. The van der Waals surface area contributed by atoms with Crippen molar-refractivity contribution in [2.45, 2.75) is 77.7 Å². The molecule has 2 aromatic carbocycles. The van der Waals surface area contributed by atoms with E-state index in [0.717, 1.165) is 67.3 Å². The molecular weight excluding hydrogens is 609 g/mol. The van der Waals surface area contributed by atoms with E-state index in [1.54, 1.807) is 0 Å². The molecule has 7 heteroatoms. The van der Waals surface area contributed by atoms with E-state index in [9.17, 15) is 15.0 Å². The Bertz CT molecular complexity index is 1380. The summed E-state index contributed by atoms with van der Waals surface area (Å²) in [7, 11) is 0. The topological polar surface area (TPSA) is 72.7 Å². The number of allylic oxidation sites excluding steroid dienone is 8. The first kappa shape index (κ1) is 40.9. The van der Waals surface area contributed by atoms with Gasteiger partial charge in [-0.1, -0.05) is 104 Å². The molecule has 0 amide bonds. The first-order chi connectivity index (χ1) is 21.0. The minimum Gasteiger partial charge on any atom is -0.550 e. The third-order valence-electron chi connectivity index (χ3n) is 7.50. The standard InChI is InChI=1S/C32H38ClNO.C6H10O2S.Na/c1-6-14-26(16-13-19-27-17-11-12-20-30(27)32(3,4)35)23-25(7-2)15-9-8-10-18-28-21-22-29(33)24-31(28)34-5;7-5(8)3-6(4-9)1-2-6;/h7,9-12,14-15,17-18,20-24,35H,2,5-6,8,13,16,19H2,1,3-4H3;9H,1-4H2,(H,7,8);/q;;+1/p-1/b15-9+,18-10-,25-23+,26-14-;;. The van der Waals surface area contributed by atoms with Crippen LogP contribution in [0.2, 0.25) is 5.02 Å². The number of carbonyl (C=O) groups is 1. The number of benzene rings is 2. The molecule has 1 aliphatic carbocycles. The summed E-state index contributed by atoms with van der Waals surface area (Å²) < 4.78 is 0. The summed E-state index contributed by atoms with van der Waals surface area (Å²) in [5.74, 6) is -0.261. The van der Waals surface area contributed by atoms with Crippen LogP contribution in [-0.2, 0) is 16.8 Å². The fourth-order valence-corrected chi connectivity index (χ4v) is 5.44. The molecule has 0 spiro atoms. The monoisotopic (exact) mass is 655 g/mol. The average molecular weight is 656 g/mol. The number of hydrogen-bond donors (Lipinski definition) is 2. The molecule has 0 heterocycles. The molecule has 1 N–H and O–H groups in total. The molecule has 1 aliphatic rings. The van der Waals surface area contributed by atoms with Crippen LogP contribution in [0.1, 0.15) is 82.4 Å². The van der Waals surface area contributed by atoms with E-state index in [1.165, 1.54) is 11.1 Å². The molecule has 0 radical (unpaired) electrons. The van der Waals surface area contributed by atoms with Crippen molar-refractivity contribution in [2.75, 3.05) is 5.75 Å². The summed E-state index contributed by atoms with van der Waals surface area (Å²) >= 11 is 10.1. The van der Waals surface area contributed by atoms with Crippen molar-refractivity contribution in [3.05, 3.63) is 118 Å². The molecule has 0 aliphatic heterocycles. The number of thiol groups is 1. The van der Waals surface area contributed by atoms with Gasteiger partial charge < -0.3 is 15.0 Å². The number of aliphatic hydroxyl groups is 1. The predicted molar refractivity (Wildman–Crippen MR) is 190 cm³/mol. The molecule has 45 heavy (non-hydrogen) atoms. The van der Waals surface area contributed by atoms with Gasteiger partial charge in [-0.05, 0) is 117 Å². The number of aliphatic imine (C=N–C) groups is 1. The number of carboxylic acid groups (broad SMARTS) is 1. The Kier molecular flexibility index (Phi) is 19.0. The molecule has 2 aromatic rings. The minimum atomic E-state index is -0.943. The average Bonchev–Trinajstić information content (AvgIpc) is 3.76. The van der Waals surface area contributed by atoms with Gasteiger partial charge in [0.1, 0.15) is 0 Å². The zero-order valence-electron chi connectivity index (χ0n) is 27.4. The number of aliphatic carboxylic acids is 1. The van der Waals surface area contributed by atoms with Crippen molar-refractivity contribution < 1.29 is 44.6 Å². The van der Waals surface area contributed by atoms with E-state index in [0.29, 0.717) is 10.8 Å². The van der Waals surface area contributed by atoms with Crippen molar-refractivity contribution in [2.24, 2.45) is 10.4 Å². The Morgan fingerprint density at radius 2 is 1.91 bits per heavy atom. The third kappa shape index (κ3) is 15.3. The van der Waals surface area contributed by atoms with Gasteiger partial charge in [-0.2, -0.15) is 12.6 Å². The zero-order chi connectivity index (χ0) is 32.6.